The first-order chi connectivity index (χ1) is 7.79. The molecule has 0 saturated heterocycles. The zero-order chi connectivity index (χ0) is 13.1. The van der Waals surface area contributed by atoms with Gasteiger partial charge in [-0.1, -0.05) is 18.2 Å². The highest BCUT2D eigenvalue weighted by Crippen LogP contribution is 2.13. The SMILES string of the molecule is CN(Cc1ccccc1F)C(=O)OC(C)(C)C. The molecule has 3 nitrogen and oxygen atoms in total. The van der Waals surface area contributed by atoms with Gasteiger partial charge < -0.3 is 9.64 Å². The molecule has 0 aliphatic carbocycles. The van der Waals surface area contributed by atoms with Crippen LogP contribution in [-0.4, -0.2) is 23.6 Å². The summed E-state index contributed by atoms with van der Waals surface area (Å²) in [6.07, 6.45) is -0.458. The summed E-state index contributed by atoms with van der Waals surface area (Å²) in [5.41, 5.74) is -0.0681. The molecule has 94 valence electrons. The van der Waals surface area contributed by atoms with Gasteiger partial charge in [-0.15, -0.1) is 0 Å². The van der Waals surface area contributed by atoms with E-state index in [1.807, 2.05) is 0 Å². The fraction of sp³-hybridized carbons (Fsp3) is 0.462. The Morgan fingerprint density at radius 1 is 1.35 bits per heavy atom. The number of hydrogen-bond donors (Lipinski definition) is 0. The van der Waals surface area contributed by atoms with Crippen molar-refractivity contribution in [3.8, 4) is 0 Å². The van der Waals surface area contributed by atoms with E-state index in [-0.39, 0.29) is 12.4 Å². The topological polar surface area (TPSA) is 29.5 Å². The molecule has 17 heavy (non-hydrogen) atoms. The van der Waals surface area contributed by atoms with Crippen LogP contribution in [-0.2, 0) is 11.3 Å². The molecule has 0 N–H and O–H groups in total. The number of carbonyl (C=O) groups is 1. The van der Waals surface area contributed by atoms with E-state index >= 15 is 0 Å². The average Bonchev–Trinajstić information content (AvgIpc) is 2.18. The lowest BCUT2D eigenvalue weighted by Crippen LogP contribution is -2.34. The monoisotopic (exact) mass is 239 g/mol. The third-order valence-electron chi connectivity index (χ3n) is 2.07. The second-order valence-electron chi connectivity index (χ2n) is 4.93. The molecule has 0 heterocycles. The summed E-state index contributed by atoms with van der Waals surface area (Å²) in [6, 6.07) is 6.38. The van der Waals surface area contributed by atoms with Gasteiger partial charge in [0.1, 0.15) is 11.4 Å². The minimum atomic E-state index is -0.541. The van der Waals surface area contributed by atoms with E-state index in [1.54, 1.807) is 46.0 Å². The van der Waals surface area contributed by atoms with Gasteiger partial charge in [-0.2, -0.15) is 0 Å². The van der Waals surface area contributed by atoms with E-state index in [0.29, 0.717) is 5.56 Å². The number of hydrogen-bond acceptors (Lipinski definition) is 2. The molecular weight excluding hydrogens is 221 g/mol. The first kappa shape index (κ1) is 13.5. The van der Waals surface area contributed by atoms with Gasteiger partial charge in [-0.05, 0) is 26.8 Å². The molecule has 4 heteroatoms. The molecule has 0 aliphatic rings. The molecule has 0 bridgehead atoms. The molecule has 0 aromatic heterocycles. The Morgan fingerprint density at radius 2 is 1.94 bits per heavy atom. The Kier molecular flexibility index (Phi) is 4.10. The van der Waals surface area contributed by atoms with Crippen LogP contribution in [0.25, 0.3) is 0 Å². The van der Waals surface area contributed by atoms with Crippen LogP contribution in [0.15, 0.2) is 24.3 Å². The highest BCUT2D eigenvalue weighted by atomic mass is 19.1. The number of carbonyl (C=O) groups excluding carboxylic acids is 1. The van der Waals surface area contributed by atoms with Crippen molar-refractivity contribution in [2.45, 2.75) is 32.9 Å². The van der Waals surface area contributed by atoms with Crippen LogP contribution >= 0.6 is 0 Å². The molecule has 1 aromatic rings. The molecule has 0 fully saturated rings. The maximum Gasteiger partial charge on any atom is 0.410 e. The predicted molar refractivity (Wildman–Crippen MR) is 64.1 cm³/mol. The van der Waals surface area contributed by atoms with Crippen molar-refractivity contribution in [2.24, 2.45) is 0 Å². The zero-order valence-electron chi connectivity index (χ0n) is 10.7. The Labute approximate surface area is 101 Å². The summed E-state index contributed by atoms with van der Waals surface area (Å²) >= 11 is 0. The Hall–Kier alpha value is -1.58. The fourth-order valence-electron chi connectivity index (χ4n) is 1.29. The summed E-state index contributed by atoms with van der Waals surface area (Å²) in [5.74, 6) is -0.317. The van der Waals surface area contributed by atoms with Crippen molar-refractivity contribution in [3.63, 3.8) is 0 Å². The van der Waals surface area contributed by atoms with E-state index in [1.165, 1.54) is 11.0 Å². The highest BCUT2D eigenvalue weighted by Gasteiger charge is 2.20. The summed E-state index contributed by atoms with van der Waals surface area (Å²) in [6.45, 7) is 5.58. The standard InChI is InChI=1S/C13H18FNO2/c1-13(2,3)17-12(16)15(4)9-10-7-5-6-8-11(10)14/h5-8H,9H2,1-4H3. The minimum absolute atomic E-state index is 0.196. The van der Waals surface area contributed by atoms with Crippen molar-refractivity contribution in [3.05, 3.63) is 35.6 Å². The first-order valence-electron chi connectivity index (χ1n) is 5.47. The lowest BCUT2D eigenvalue weighted by Gasteiger charge is -2.24. The molecular formula is C13H18FNO2. The van der Waals surface area contributed by atoms with Gasteiger partial charge in [0, 0.05) is 12.6 Å². The third kappa shape index (κ3) is 4.43. The zero-order valence-corrected chi connectivity index (χ0v) is 10.7. The number of amides is 1. The van der Waals surface area contributed by atoms with Crippen molar-refractivity contribution in [2.75, 3.05) is 7.05 Å². The van der Waals surface area contributed by atoms with Gasteiger partial charge in [-0.3, -0.25) is 0 Å². The fourth-order valence-corrected chi connectivity index (χ4v) is 1.29. The van der Waals surface area contributed by atoms with Crippen molar-refractivity contribution >= 4 is 6.09 Å². The van der Waals surface area contributed by atoms with Gasteiger partial charge in [0.15, 0.2) is 0 Å². The van der Waals surface area contributed by atoms with Crippen LogP contribution < -0.4 is 0 Å². The second kappa shape index (κ2) is 5.17. The van der Waals surface area contributed by atoms with Crippen molar-refractivity contribution in [1.82, 2.24) is 4.90 Å². The molecule has 0 aliphatic heterocycles. The van der Waals surface area contributed by atoms with Crippen molar-refractivity contribution < 1.29 is 13.9 Å². The maximum absolute atomic E-state index is 13.4. The molecule has 1 aromatic carbocycles. The Morgan fingerprint density at radius 3 is 2.47 bits per heavy atom. The number of halogens is 1. The van der Waals surface area contributed by atoms with Crippen LogP contribution in [0, 0.1) is 5.82 Å². The van der Waals surface area contributed by atoms with Crippen LogP contribution in [0.4, 0.5) is 9.18 Å². The Balaban J connectivity index is 2.64. The summed E-state index contributed by atoms with van der Waals surface area (Å²) in [5, 5.41) is 0. The smallest absolute Gasteiger partial charge is 0.410 e. The minimum Gasteiger partial charge on any atom is -0.444 e. The van der Waals surface area contributed by atoms with E-state index in [0.717, 1.165) is 0 Å². The molecule has 0 spiro atoms. The van der Waals surface area contributed by atoms with E-state index in [2.05, 4.69) is 0 Å². The second-order valence-corrected chi connectivity index (χ2v) is 4.93. The number of benzene rings is 1. The predicted octanol–water partition coefficient (Wildman–Crippen LogP) is 3.19. The Bertz CT molecular complexity index is 399. The van der Waals surface area contributed by atoms with Gasteiger partial charge in [0.2, 0.25) is 0 Å². The van der Waals surface area contributed by atoms with Gasteiger partial charge in [0.25, 0.3) is 0 Å². The van der Waals surface area contributed by atoms with Gasteiger partial charge >= 0.3 is 6.09 Å². The van der Waals surface area contributed by atoms with Crippen LogP contribution in [0.1, 0.15) is 26.3 Å². The average molecular weight is 239 g/mol. The van der Waals surface area contributed by atoms with E-state index < -0.39 is 11.7 Å². The maximum atomic E-state index is 13.4. The van der Waals surface area contributed by atoms with Gasteiger partial charge in [-0.25, -0.2) is 9.18 Å². The summed E-state index contributed by atoms with van der Waals surface area (Å²) < 4.78 is 18.5. The highest BCUT2D eigenvalue weighted by molar-refractivity contribution is 5.67. The van der Waals surface area contributed by atoms with Crippen molar-refractivity contribution in [1.29, 1.82) is 0 Å². The lowest BCUT2D eigenvalue weighted by atomic mass is 10.2. The summed E-state index contributed by atoms with van der Waals surface area (Å²) in [4.78, 5) is 13.0. The molecule has 1 amide bonds. The van der Waals surface area contributed by atoms with Crippen LogP contribution in [0.3, 0.4) is 0 Å². The molecule has 0 atom stereocenters. The largest absolute Gasteiger partial charge is 0.444 e. The lowest BCUT2D eigenvalue weighted by molar-refractivity contribution is 0.0284. The van der Waals surface area contributed by atoms with E-state index in [4.69, 9.17) is 4.74 Å². The molecule has 0 unspecified atom stereocenters. The summed E-state index contributed by atoms with van der Waals surface area (Å²) in [7, 11) is 1.58. The number of nitrogens with zero attached hydrogens (tertiary/aromatic N) is 1. The van der Waals surface area contributed by atoms with Crippen LogP contribution in [0.2, 0.25) is 0 Å². The number of ether oxygens (including phenoxy) is 1. The number of rotatable bonds is 2. The molecule has 0 saturated carbocycles. The van der Waals surface area contributed by atoms with Gasteiger partial charge in [0.05, 0.1) is 6.54 Å². The first-order valence-corrected chi connectivity index (χ1v) is 5.47. The van der Waals surface area contributed by atoms with E-state index in [9.17, 15) is 9.18 Å². The molecule has 0 radical (unpaired) electrons. The third-order valence-corrected chi connectivity index (χ3v) is 2.07. The quantitative estimate of drug-likeness (QED) is 0.793. The molecule has 1 rings (SSSR count). The normalized spacial score (nSPS) is 11.1. The van der Waals surface area contributed by atoms with Crippen LogP contribution in [0.5, 0.6) is 0 Å².